The number of hydrogen-bond acceptors (Lipinski definition) is 5. The smallest absolute Gasteiger partial charge is 0.233 e. The summed E-state index contributed by atoms with van der Waals surface area (Å²) >= 11 is 0. The van der Waals surface area contributed by atoms with Crippen molar-refractivity contribution in [2.75, 3.05) is 25.5 Å². The Bertz CT molecular complexity index is 326. The van der Waals surface area contributed by atoms with Crippen LogP contribution in [0.1, 0.15) is 19.3 Å². The Labute approximate surface area is 95.6 Å². The molecule has 5 nitrogen and oxygen atoms in total. The summed E-state index contributed by atoms with van der Waals surface area (Å²) in [4.78, 5) is 8.28. The van der Waals surface area contributed by atoms with Gasteiger partial charge in [0.15, 0.2) is 0 Å². The Morgan fingerprint density at radius 2 is 2.50 bits per heavy atom. The van der Waals surface area contributed by atoms with Gasteiger partial charge in [-0.2, -0.15) is 4.98 Å². The number of nitrogens with zero attached hydrogens (tertiary/aromatic N) is 2. The molecule has 0 amide bonds. The van der Waals surface area contributed by atoms with Crippen molar-refractivity contribution < 1.29 is 4.74 Å². The van der Waals surface area contributed by atoms with Crippen molar-refractivity contribution >= 4 is 5.82 Å². The summed E-state index contributed by atoms with van der Waals surface area (Å²) in [5.41, 5.74) is 0. The van der Waals surface area contributed by atoms with Gasteiger partial charge in [0, 0.05) is 12.6 Å². The van der Waals surface area contributed by atoms with E-state index >= 15 is 0 Å². The van der Waals surface area contributed by atoms with Gasteiger partial charge in [-0.05, 0) is 25.8 Å². The molecular formula is C11H18N4O. The number of rotatable bonds is 5. The Balaban J connectivity index is 1.75. The lowest BCUT2D eigenvalue weighted by molar-refractivity contribution is 0.396. The van der Waals surface area contributed by atoms with E-state index < -0.39 is 0 Å². The first-order valence-corrected chi connectivity index (χ1v) is 5.72. The van der Waals surface area contributed by atoms with E-state index in [1.165, 1.54) is 12.8 Å². The van der Waals surface area contributed by atoms with E-state index in [4.69, 9.17) is 4.74 Å². The maximum atomic E-state index is 5.01. The van der Waals surface area contributed by atoms with E-state index in [1.54, 1.807) is 19.5 Å². The molecule has 1 fully saturated rings. The number of anilines is 1. The van der Waals surface area contributed by atoms with Crippen LogP contribution in [0.3, 0.4) is 0 Å². The summed E-state index contributed by atoms with van der Waals surface area (Å²) in [6, 6.07) is 0.658. The molecule has 0 radical (unpaired) electrons. The third-order valence-electron chi connectivity index (χ3n) is 2.78. The third-order valence-corrected chi connectivity index (χ3v) is 2.78. The molecule has 1 aliphatic heterocycles. The monoisotopic (exact) mass is 222 g/mol. The average Bonchev–Trinajstić information content (AvgIpc) is 2.82. The number of aromatic nitrogens is 2. The van der Waals surface area contributed by atoms with Crippen molar-refractivity contribution in [3.8, 4) is 5.88 Å². The number of nitrogens with one attached hydrogen (secondary N) is 2. The molecule has 1 aromatic heterocycles. The second kappa shape index (κ2) is 5.65. The molecule has 2 heterocycles. The van der Waals surface area contributed by atoms with Crippen LogP contribution >= 0.6 is 0 Å². The van der Waals surface area contributed by atoms with Crippen molar-refractivity contribution in [3.05, 3.63) is 12.4 Å². The highest BCUT2D eigenvalue weighted by Gasteiger charge is 2.12. The summed E-state index contributed by atoms with van der Waals surface area (Å²) in [7, 11) is 1.59. The zero-order chi connectivity index (χ0) is 11.2. The molecule has 1 atom stereocenters. The minimum atomic E-state index is 0.545. The van der Waals surface area contributed by atoms with E-state index in [0.29, 0.717) is 11.9 Å². The van der Waals surface area contributed by atoms with E-state index in [0.717, 1.165) is 25.3 Å². The quantitative estimate of drug-likeness (QED) is 0.779. The first-order chi connectivity index (χ1) is 7.88. The molecule has 0 aromatic carbocycles. The zero-order valence-corrected chi connectivity index (χ0v) is 9.57. The van der Waals surface area contributed by atoms with Crippen molar-refractivity contribution in [3.63, 3.8) is 0 Å². The Hall–Kier alpha value is -1.36. The van der Waals surface area contributed by atoms with Crippen LogP contribution in [0.2, 0.25) is 0 Å². The standard InChI is InChI=1S/C11H18N4O/c1-16-11-8-12-7-10(15-11)14-6-4-9-3-2-5-13-9/h7-9,13H,2-6H2,1H3,(H,14,15). The highest BCUT2D eigenvalue weighted by Crippen LogP contribution is 2.11. The van der Waals surface area contributed by atoms with E-state index in [-0.39, 0.29) is 0 Å². The molecule has 1 saturated heterocycles. The minimum absolute atomic E-state index is 0.545. The predicted octanol–water partition coefficient (Wildman–Crippen LogP) is 1.04. The van der Waals surface area contributed by atoms with Gasteiger partial charge in [-0.1, -0.05) is 0 Å². The SMILES string of the molecule is COc1cncc(NCCC2CCCN2)n1. The van der Waals surface area contributed by atoms with Gasteiger partial charge in [-0.3, -0.25) is 4.98 Å². The van der Waals surface area contributed by atoms with Gasteiger partial charge in [0.2, 0.25) is 5.88 Å². The lowest BCUT2D eigenvalue weighted by Gasteiger charge is -2.11. The second-order valence-electron chi connectivity index (χ2n) is 3.96. The van der Waals surface area contributed by atoms with Crippen LogP contribution < -0.4 is 15.4 Å². The molecule has 0 spiro atoms. The second-order valence-corrected chi connectivity index (χ2v) is 3.96. The van der Waals surface area contributed by atoms with Gasteiger partial charge in [0.25, 0.3) is 0 Å². The van der Waals surface area contributed by atoms with Crippen molar-refractivity contribution in [2.45, 2.75) is 25.3 Å². The molecule has 0 bridgehead atoms. The lowest BCUT2D eigenvalue weighted by atomic mass is 10.1. The Kier molecular flexibility index (Phi) is 3.93. The van der Waals surface area contributed by atoms with Crippen LogP contribution in [-0.4, -0.2) is 36.2 Å². The largest absolute Gasteiger partial charge is 0.480 e. The normalized spacial score (nSPS) is 19.7. The van der Waals surface area contributed by atoms with Crippen LogP contribution in [0.15, 0.2) is 12.4 Å². The maximum absolute atomic E-state index is 5.01. The molecule has 88 valence electrons. The number of methoxy groups -OCH3 is 1. The molecule has 2 N–H and O–H groups in total. The Morgan fingerprint density at radius 1 is 1.56 bits per heavy atom. The summed E-state index contributed by atoms with van der Waals surface area (Å²) in [5, 5.41) is 6.72. The first-order valence-electron chi connectivity index (χ1n) is 5.72. The zero-order valence-electron chi connectivity index (χ0n) is 9.57. The summed E-state index contributed by atoms with van der Waals surface area (Å²) in [5.74, 6) is 1.32. The molecule has 1 aliphatic rings. The van der Waals surface area contributed by atoms with Crippen LogP contribution in [0.25, 0.3) is 0 Å². The average molecular weight is 222 g/mol. The molecule has 0 saturated carbocycles. The summed E-state index contributed by atoms with van der Waals surface area (Å²) < 4.78 is 5.01. The number of ether oxygens (including phenoxy) is 1. The van der Waals surface area contributed by atoms with Crippen LogP contribution in [0.4, 0.5) is 5.82 Å². The lowest BCUT2D eigenvalue weighted by Crippen LogP contribution is -2.24. The van der Waals surface area contributed by atoms with Gasteiger partial charge in [0.1, 0.15) is 5.82 Å². The van der Waals surface area contributed by atoms with Crippen LogP contribution in [0, 0.1) is 0 Å². The number of hydrogen-bond donors (Lipinski definition) is 2. The summed E-state index contributed by atoms with van der Waals surface area (Å²) in [6.45, 7) is 2.07. The van der Waals surface area contributed by atoms with E-state index in [1.807, 2.05) is 0 Å². The molecule has 1 aromatic rings. The van der Waals surface area contributed by atoms with Gasteiger partial charge < -0.3 is 15.4 Å². The molecule has 16 heavy (non-hydrogen) atoms. The van der Waals surface area contributed by atoms with Gasteiger partial charge in [0.05, 0.1) is 19.5 Å². The summed E-state index contributed by atoms with van der Waals surface area (Å²) in [6.07, 6.45) is 7.02. The Morgan fingerprint density at radius 3 is 3.25 bits per heavy atom. The molecular weight excluding hydrogens is 204 g/mol. The topological polar surface area (TPSA) is 59.1 Å². The van der Waals surface area contributed by atoms with E-state index in [9.17, 15) is 0 Å². The minimum Gasteiger partial charge on any atom is -0.480 e. The predicted molar refractivity (Wildman–Crippen MR) is 62.7 cm³/mol. The molecule has 0 aliphatic carbocycles. The van der Waals surface area contributed by atoms with Gasteiger partial charge in [-0.15, -0.1) is 0 Å². The van der Waals surface area contributed by atoms with Crippen molar-refractivity contribution in [2.24, 2.45) is 0 Å². The first kappa shape index (κ1) is 11.1. The third kappa shape index (κ3) is 3.06. The van der Waals surface area contributed by atoms with Crippen molar-refractivity contribution in [1.29, 1.82) is 0 Å². The van der Waals surface area contributed by atoms with Gasteiger partial charge in [-0.25, -0.2) is 0 Å². The fourth-order valence-electron chi connectivity index (χ4n) is 1.91. The molecule has 5 heteroatoms. The fourth-order valence-corrected chi connectivity index (χ4v) is 1.91. The fraction of sp³-hybridized carbons (Fsp3) is 0.636. The van der Waals surface area contributed by atoms with Gasteiger partial charge >= 0.3 is 0 Å². The van der Waals surface area contributed by atoms with Crippen LogP contribution in [-0.2, 0) is 0 Å². The highest BCUT2D eigenvalue weighted by atomic mass is 16.5. The van der Waals surface area contributed by atoms with Crippen molar-refractivity contribution in [1.82, 2.24) is 15.3 Å². The van der Waals surface area contributed by atoms with E-state index in [2.05, 4.69) is 20.6 Å². The maximum Gasteiger partial charge on any atom is 0.233 e. The highest BCUT2D eigenvalue weighted by molar-refractivity contribution is 5.32. The molecule has 1 unspecified atom stereocenters. The molecule has 2 rings (SSSR count). The van der Waals surface area contributed by atoms with Crippen LogP contribution in [0.5, 0.6) is 5.88 Å².